The number of nitrogen functional groups attached to an aromatic ring is 1. The lowest BCUT2D eigenvalue weighted by atomic mass is 10.1. The molecule has 1 atom stereocenters. The summed E-state index contributed by atoms with van der Waals surface area (Å²) >= 11 is 1.42. The smallest absolute Gasteiger partial charge is 0.253 e. The van der Waals surface area contributed by atoms with Gasteiger partial charge in [0.05, 0.1) is 10.2 Å². The van der Waals surface area contributed by atoms with E-state index in [1.165, 1.54) is 11.3 Å². The van der Waals surface area contributed by atoms with Crippen molar-refractivity contribution in [1.29, 1.82) is 0 Å². The standard InChI is InChI=1S/C13H15N3OS/c1-8-4-5-16(7-8)12(17)9-2-3-10-11(6-9)18-13(14)15-10/h2-3,6,8H,4-5,7H2,1H3,(H2,14,15). The normalized spacial score (nSPS) is 19.6. The Morgan fingerprint density at radius 1 is 1.56 bits per heavy atom. The third-order valence-corrected chi connectivity index (χ3v) is 4.21. The van der Waals surface area contributed by atoms with Crippen molar-refractivity contribution in [1.82, 2.24) is 9.88 Å². The summed E-state index contributed by atoms with van der Waals surface area (Å²) in [5.41, 5.74) is 7.27. The summed E-state index contributed by atoms with van der Waals surface area (Å²) in [5.74, 6) is 0.727. The molecule has 94 valence electrons. The lowest BCUT2D eigenvalue weighted by Gasteiger charge is -2.15. The fourth-order valence-electron chi connectivity index (χ4n) is 2.38. The average Bonchev–Trinajstić information content (AvgIpc) is 2.92. The quantitative estimate of drug-likeness (QED) is 0.857. The number of amides is 1. The Morgan fingerprint density at radius 2 is 2.39 bits per heavy atom. The minimum Gasteiger partial charge on any atom is -0.375 e. The van der Waals surface area contributed by atoms with Gasteiger partial charge in [0.25, 0.3) is 5.91 Å². The first-order valence-corrected chi connectivity index (χ1v) is 6.90. The molecule has 1 aliphatic heterocycles. The predicted octanol–water partition coefficient (Wildman–Crippen LogP) is 2.36. The maximum Gasteiger partial charge on any atom is 0.253 e. The first-order valence-electron chi connectivity index (χ1n) is 6.09. The van der Waals surface area contributed by atoms with Crippen molar-refractivity contribution in [2.45, 2.75) is 13.3 Å². The van der Waals surface area contributed by atoms with E-state index in [1.807, 2.05) is 23.1 Å². The van der Waals surface area contributed by atoms with Crippen LogP contribution in [-0.4, -0.2) is 28.9 Å². The monoisotopic (exact) mass is 261 g/mol. The van der Waals surface area contributed by atoms with Crippen LogP contribution in [0.3, 0.4) is 0 Å². The van der Waals surface area contributed by atoms with Gasteiger partial charge in [-0.05, 0) is 30.5 Å². The van der Waals surface area contributed by atoms with E-state index in [0.29, 0.717) is 11.0 Å². The molecule has 1 aliphatic rings. The largest absolute Gasteiger partial charge is 0.375 e. The molecule has 2 aromatic rings. The van der Waals surface area contributed by atoms with Crippen LogP contribution >= 0.6 is 11.3 Å². The zero-order chi connectivity index (χ0) is 12.7. The maximum atomic E-state index is 12.3. The Kier molecular flexibility index (Phi) is 2.70. The number of thiazole rings is 1. The van der Waals surface area contributed by atoms with Crippen LogP contribution in [0.5, 0.6) is 0 Å². The highest BCUT2D eigenvalue weighted by Gasteiger charge is 2.24. The summed E-state index contributed by atoms with van der Waals surface area (Å²) in [7, 11) is 0. The van der Waals surface area contributed by atoms with E-state index < -0.39 is 0 Å². The highest BCUT2D eigenvalue weighted by Crippen LogP contribution is 2.26. The zero-order valence-corrected chi connectivity index (χ0v) is 11.0. The number of nitrogens with zero attached hydrogens (tertiary/aromatic N) is 2. The molecule has 0 bridgehead atoms. The first-order chi connectivity index (χ1) is 8.63. The van der Waals surface area contributed by atoms with Crippen LogP contribution in [0.4, 0.5) is 5.13 Å². The molecule has 5 heteroatoms. The predicted molar refractivity (Wildman–Crippen MR) is 73.7 cm³/mol. The second-order valence-electron chi connectivity index (χ2n) is 4.88. The third kappa shape index (κ3) is 1.95. The maximum absolute atomic E-state index is 12.3. The topological polar surface area (TPSA) is 59.2 Å². The van der Waals surface area contributed by atoms with Crippen molar-refractivity contribution in [2.24, 2.45) is 5.92 Å². The fraction of sp³-hybridized carbons (Fsp3) is 0.385. The number of aromatic nitrogens is 1. The van der Waals surface area contributed by atoms with Crippen molar-refractivity contribution in [2.75, 3.05) is 18.8 Å². The molecule has 2 N–H and O–H groups in total. The van der Waals surface area contributed by atoms with Crippen molar-refractivity contribution < 1.29 is 4.79 Å². The van der Waals surface area contributed by atoms with Gasteiger partial charge in [0, 0.05) is 18.7 Å². The van der Waals surface area contributed by atoms with Crippen molar-refractivity contribution in [3.05, 3.63) is 23.8 Å². The number of anilines is 1. The molecule has 4 nitrogen and oxygen atoms in total. The van der Waals surface area contributed by atoms with Crippen LogP contribution in [-0.2, 0) is 0 Å². The minimum absolute atomic E-state index is 0.119. The van der Waals surface area contributed by atoms with Gasteiger partial charge in [0.1, 0.15) is 0 Å². The summed E-state index contributed by atoms with van der Waals surface area (Å²) in [6.45, 7) is 3.91. The second-order valence-corrected chi connectivity index (χ2v) is 5.94. The number of fused-ring (bicyclic) bond motifs is 1. The molecule has 0 radical (unpaired) electrons. The van der Waals surface area contributed by atoms with Crippen LogP contribution < -0.4 is 5.73 Å². The van der Waals surface area contributed by atoms with Crippen molar-refractivity contribution in [3.63, 3.8) is 0 Å². The number of hydrogen-bond donors (Lipinski definition) is 1. The van der Waals surface area contributed by atoms with Gasteiger partial charge < -0.3 is 10.6 Å². The number of benzene rings is 1. The summed E-state index contributed by atoms with van der Waals surface area (Å²) < 4.78 is 0.977. The van der Waals surface area contributed by atoms with Crippen LogP contribution in [0.25, 0.3) is 10.2 Å². The van der Waals surface area contributed by atoms with E-state index >= 15 is 0 Å². The zero-order valence-electron chi connectivity index (χ0n) is 10.2. The SMILES string of the molecule is CC1CCN(C(=O)c2ccc3nc(N)sc3c2)C1. The fourth-order valence-corrected chi connectivity index (χ4v) is 3.15. The third-order valence-electron chi connectivity index (χ3n) is 3.36. The molecule has 18 heavy (non-hydrogen) atoms. The van der Waals surface area contributed by atoms with Gasteiger partial charge in [-0.15, -0.1) is 0 Å². The van der Waals surface area contributed by atoms with E-state index in [1.54, 1.807) is 0 Å². The van der Waals surface area contributed by atoms with Gasteiger partial charge in [0.15, 0.2) is 5.13 Å². The molecular weight excluding hydrogens is 246 g/mol. The number of carbonyl (C=O) groups excluding carboxylic acids is 1. The lowest BCUT2D eigenvalue weighted by Crippen LogP contribution is -2.28. The highest BCUT2D eigenvalue weighted by molar-refractivity contribution is 7.22. The number of likely N-dealkylation sites (tertiary alicyclic amines) is 1. The molecule has 1 aromatic carbocycles. The first kappa shape index (κ1) is 11.5. The Hall–Kier alpha value is -1.62. The van der Waals surface area contributed by atoms with E-state index in [4.69, 9.17) is 5.73 Å². The molecule has 1 fully saturated rings. The van der Waals surface area contributed by atoms with Gasteiger partial charge >= 0.3 is 0 Å². The van der Waals surface area contributed by atoms with Gasteiger partial charge in [0.2, 0.25) is 0 Å². The molecule has 1 amide bonds. The van der Waals surface area contributed by atoms with Gasteiger partial charge in [-0.1, -0.05) is 18.3 Å². The summed E-state index contributed by atoms with van der Waals surface area (Å²) in [6.07, 6.45) is 1.10. The van der Waals surface area contributed by atoms with Gasteiger partial charge in [-0.2, -0.15) is 0 Å². The van der Waals surface area contributed by atoms with E-state index in [9.17, 15) is 4.79 Å². The number of nitrogens with two attached hydrogens (primary N) is 1. The molecule has 0 saturated carbocycles. The summed E-state index contributed by atoms with van der Waals surface area (Å²) in [5, 5.41) is 0.546. The Labute approximate surface area is 109 Å². The lowest BCUT2D eigenvalue weighted by molar-refractivity contribution is 0.0788. The number of hydrogen-bond acceptors (Lipinski definition) is 4. The molecule has 1 unspecified atom stereocenters. The molecule has 1 saturated heterocycles. The molecule has 1 aromatic heterocycles. The number of carbonyl (C=O) groups is 1. The summed E-state index contributed by atoms with van der Waals surface area (Å²) in [4.78, 5) is 18.4. The molecule has 0 spiro atoms. The minimum atomic E-state index is 0.119. The van der Waals surface area contributed by atoms with E-state index in [-0.39, 0.29) is 5.91 Å². The second kappa shape index (κ2) is 4.24. The van der Waals surface area contributed by atoms with Crippen molar-refractivity contribution in [3.8, 4) is 0 Å². The molecular formula is C13H15N3OS. The Bertz CT molecular complexity index is 607. The van der Waals surface area contributed by atoms with Crippen LogP contribution in [0.1, 0.15) is 23.7 Å². The van der Waals surface area contributed by atoms with E-state index in [0.717, 1.165) is 35.3 Å². The van der Waals surface area contributed by atoms with Crippen LogP contribution in [0.2, 0.25) is 0 Å². The highest BCUT2D eigenvalue weighted by atomic mass is 32.1. The van der Waals surface area contributed by atoms with E-state index in [2.05, 4.69) is 11.9 Å². The van der Waals surface area contributed by atoms with Gasteiger partial charge in [-0.3, -0.25) is 4.79 Å². The van der Waals surface area contributed by atoms with Crippen LogP contribution in [0, 0.1) is 5.92 Å². The molecule has 0 aliphatic carbocycles. The van der Waals surface area contributed by atoms with Crippen molar-refractivity contribution >= 4 is 32.6 Å². The Morgan fingerprint density at radius 3 is 3.11 bits per heavy atom. The molecule has 3 rings (SSSR count). The molecule has 2 heterocycles. The van der Waals surface area contributed by atoms with Gasteiger partial charge in [-0.25, -0.2) is 4.98 Å². The average molecular weight is 261 g/mol. The summed E-state index contributed by atoms with van der Waals surface area (Å²) in [6, 6.07) is 5.61. The Balaban J connectivity index is 1.91. The number of rotatable bonds is 1. The van der Waals surface area contributed by atoms with Crippen LogP contribution in [0.15, 0.2) is 18.2 Å².